The Hall–Kier alpha value is -1.76. The highest BCUT2D eigenvalue weighted by Gasteiger charge is 2.27. The number of nitrogens with zero attached hydrogens (tertiary/aromatic N) is 3. The van der Waals surface area contributed by atoms with Crippen LogP contribution in [0.1, 0.15) is 43.7 Å². The Labute approximate surface area is 148 Å². The van der Waals surface area contributed by atoms with Gasteiger partial charge in [0, 0.05) is 19.0 Å². The highest BCUT2D eigenvalue weighted by molar-refractivity contribution is 5.17. The molecule has 6 nitrogen and oxygen atoms in total. The number of ether oxygens (including phenoxy) is 1. The SMILES string of the molecule is CC(C)Cc1noc(CN2CCOCC2CC(O)c2ccccc2)n1. The van der Waals surface area contributed by atoms with Crippen LogP contribution in [0.4, 0.5) is 0 Å². The van der Waals surface area contributed by atoms with E-state index >= 15 is 0 Å². The van der Waals surface area contributed by atoms with Gasteiger partial charge in [-0.3, -0.25) is 4.90 Å². The van der Waals surface area contributed by atoms with Crippen molar-refractivity contribution in [3.8, 4) is 0 Å². The number of aliphatic hydroxyl groups excluding tert-OH is 1. The first kappa shape index (κ1) is 18.0. The molecule has 1 aliphatic heterocycles. The minimum atomic E-state index is -0.505. The highest BCUT2D eigenvalue weighted by Crippen LogP contribution is 2.23. The summed E-state index contributed by atoms with van der Waals surface area (Å²) in [6.45, 7) is 6.97. The standard InChI is InChI=1S/C19H27N3O3/c1-14(2)10-18-20-19(25-21-18)12-22-8-9-24-13-16(22)11-17(23)15-6-4-3-5-7-15/h3-7,14,16-17,23H,8-13H2,1-2H3. The third kappa shape index (κ3) is 5.11. The quantitative estimate of drug-likeness (QED) is 0.832. The fourth-order valence-corrected chi connectivity index (χ4v) is 3.16. The molecule has 2 unspecified atom stereocenters. The van der Waals surface area contributed by atoms with Crippen molar-refractivity contribution < 1.29 is 14.4 Å². The Bertz CT molecular complexity index is 644. The molecule has 0 spiro atoms. The van der Waals surface area contributed by atoms with Gasteiger partial charge >= 0.3 is 0 Å². The van der Waals surface area contributed by atoms with E-state index in [0.29, 0.717) is 38.0 Å². The first-order chi connectivity index (χ1) is 12.1. The molecular formula is C19H27N3O3. The van der Waals surface area contributed by atoms with Crippen LogP contribution in [0.25, 0.3) is 0 Å². The molecule has 1 aromatic carbocycles. The molecule has 136 valence electrons. The summed E-state index contributed by atoms with van der Waals surface area (Å²) >= 11 is 0. The summed E-state index contributed by atoms with van der Waals surface area (Å²) in [6.07, 6.45) is 0.939. The van der Waals surface area contributed by atoms with Crippen LogP contribution in [0.3, 0.4) is 0 Å². The fourth-order valence-electron chi connectivity index (χ4n) is 3.16. The van der Waals surface area contributed by atoms with E-state index in [4.69, 9.17) is 9.26 Å². The largest absolute Gasteiger partial charge is 0.388 e. The molecule has 0 bridgehead atoms. The first-order valence-electron chi connectivity index (χ1n) is 8.98. The number of morpholine rings is 1. The number of aliphatic hydroxyl groups is 1. The molecule has 0 saturated carbocycles. The minimum absolute atomic E-state index is 0.129. The lowest BCUT2D eigenvalue weighted by Crippen LogP contribution is -2.45. The smallest absolute Gasteiger partial charge is 0.240 e. The zero-order valence-corrected chi connectivity index (χ0v) is 15.0. The lowest BCUT2D eigenvalue weighted by atomic mass is 10.0. The van der Waals surface area contributed by atoms with Crippen molar-refractivity contribution >= 4 is 0 Å². The molecule has 0 amide bonds. The zero-order chi connectivity index (χ0) is 17.6. The molecule has 0 aliphatic carbocycles. The molecular weight excluding hydrogens is 318 g/mol. The third-order valence-electron chi connectivity index (χ3n) is 4.47. The van der Waals surface area contributed by atoms with Gasteiger partial charge in [-0.1, -0.05) is 49.3 Å². The summed E-state index contributed by atoms with van der Waals surface area (Å²) in [5, 5.41) is 14.6. The van der Waals surface area contributed by atoms with Crippen LogP contribution in [-0.2, 0) is 17.7 Å². The van der Waals surface area contributed by atoms with Crippen LogP contribution < -0.4 is 0 Å². The molecule has 1 aromatic heterocycles. The first-order valence-corrected chi connectivity index (χ1v) is 8.98. The van der Waals surface area contributed by atoms with E-state index in [-0.39, 0.29) is 6.04 Å². The Morgan fingerprint density at radius 2 is 2.08 bits per heavy atom. The summed E-state index contributed by atoms with van der Waals surface area (Å²) in [5.41, 5.74) is 0.935. The maximum absolute atomic E-state index is 10.5. The molecule has 2 aromatic rings. The normalized spacial score (nSPS) is 20.1. The molecule has 1 aliphatic rings. The molecule has 2 heterocycles. The predicted molar refractivity (Wildman–Crippen MR) is 93.9 cm³/mol. The maximum atomic E-state index is 10.5. The van der Waals surface area contributed by atoms with Crippen molar-refractivity contribution in [2.45, 2.75) is 45.4 Å². The van der Waals surface area contributed by atoms with Crippen molar-refractivity contribution in [2.24, 2.45) is 5.92 Å². The Balaban J connectivity index is 1.61. The van der Waals surface area contributed by atoms with Gasteiger partial charge in [0.25, 0.3) is 0 Å². The van der Waals surface area contributed by atoms with Crippen molar-refractivity contribution in [3.05, 3.63) is 47.6 Å². The molecule has 2 atom stereocenters. The average Bonchev–Trinajstić information content (AvgIpc) is 3.03. The van der Waals surface area contributed by atoms with E-state index in [2.05, 4.69) is 28.9 Å². The molecule has 1 fully saturated rings. The second-order valence-electron chi connectivity index (χ2n) is 7.06. The minimum Gasteiger partial charge on any atom is -0.388 e. The molecule has 0 radical (unpaired) electrons. The van der Waals surface area contributed by atoms with Gasteiger partial charge in [0.05, 0.1) is 25.9 Å². The van der Waals surface area contributed by atoms with Crippen molar-refractivity contribution in [3.63, 3.8) is 0 Å². The van der Waals surface area contributed by atoms with E-state index in [1.165, 1.54) is 0 Å². The lowest BCUT2D eigenvalue weighted by Gasteiger charge is -2.35. The van der Waals surface area contributed by atoms with Gasteiger partial charge in [-0.15, -0.1) is 0 Å². The van der Waals surface area contributed by atoms with Crippen LogP contribution in [0.2, 0.25) is 0 Å². The number of hydrogen-bond donors (Lipinski definition) is 1. The summed E-state index contributed by atoms with van der Waals surface area (Å²) in [4.78, 5) is 6.76. The van der Waals surface area contributed by atoms with Gasteiger partial charge in [-0.25, -0.2) is 0 Å². The van der Waals surface area contributed by atoms with Crippen molar-refractivity contribution in [2.75, 3.05) is 19.8 Å². The Morgan fingerprint density at radius 3 is 2.84 bits per heavy atom. The van der Waals surface area contributed by atoms with Gasteiger partial charge in [-0.05, 0) is 17.9 Å². The van der Waals surface area contributed by atoms with E-state index in [1.54, 1.807) is 0 Å². The lowest BCUT2D eigenvalue weighted by molar-refractivity contribution is -0.0335. The highest BCUT2D eigenvalue weighted by atomic mass is 16.5. The molecule has 1 N–H and O–H groups in total. The molecule has 1 saturated heterocycles. The van der Waals surface area contributed by atoms with E-state index in [0.717, 1.165) is 24.4 Å². The van der Waals surface area contributed by atoms with E-state index in [1.807, 2.05) is 30.3 Å². The second-order valence-corrected chi connectivity index (χ2v) is 7.06. The van der Waals surface area contributed by atoms with Gasteiger partial charge in [0.1, 0.15) is 0 Å². The Morgan fingerprint density at radius 1 is 1.28 bits per heavy atom. The van der Waals surface area contributed by atoms with Gasteiger partial charge < -0.3 is 14.4 Å². The number of benzene rings is 1. The predicted octanol–water partition coefficient (Wildman–Crippen LogP) is 2.59. The Kier molecular flexibility index (Phi) is 6.18. The van der Waals surface area contributed by atoms with Gasteiger partial charge in [-0.2, -0.15) is 4.98 Å². The number of rotatable bonds is 7. The van der Waals surface area contributed by atoms with E-state index in [9.17, 15) is 5.11 Å². The van der Waals surface area contributed by atoms with Crippen LogP contribution in [0, 0.1) is 5.92 Å². The van der Waals surface area contributed by atoms with Gasteiger partial charge in [0.15, 0.2) is 5.82 Å². The average molecular weight is 345 g/mol. The van der Waals surface area contributed by atoms with Gasteiger partial charge in [0.2, 0.25) is 5.89 Å². The number of aromatic nitrogens is 2. The third-order valence-corrected chi connectivity index (χ3v) is 4.47. The zero-order valence-electron chi connectivity index (χ0n) is 15.0. The van der Waals surface area contributed by atoms with Crippen LogP contribution >= 0.6 is 0 Å². The monoisotopic (exact) mass is 345 g/mol. The van der Waals surface area contributed by atoms with Crippen molar-refractivity contribution in [1.29, 1.82) is 0 Å². The van der Waals surface area contributed by atoms with Crippen LogP contribution in [0.15, 0.2) is 34.9 Å². The summed E-state index contributed by atoms with van der Waals surface area (Å²) in [6, 6.07) is 9.88. The van der Waals surface area contributed by atoms with Crippen LogP contribution in [0.5, 0.6) is 0 Å². The summed E-state index contributed by atoms with van der Waals surface area (Å²) < 4.78 is 11.0. The summed E-state index contributed by atoms with van der Waals surface area (Å²) in [7, 11) is 0. The van der Waals surface area contributed by atoms with Crippen LogP contribution in [-0.4, -0.2) is 45.9 Å². The van der Waals surface area contributed by atoms with Crippen molar-refractivity contribution in [1.82, 2.24) is 15.0 Å². The topological polar surface area (TPSA) is 71.6 Å². The number of hydrogen-bond acceptors (Lipinski definition) is 6. The molecule has 6 heteroatoms. The maximum Gasteiger partial charge on any atom is 0.240 e. The molecule has 25 heavy (non-hydrogen) atoms. The summed E-state index contributed by atoms with van der Waals surface area (Å²) in [5.74, 6) is 1.90. The fraction of sp³-hybridized carbons (Fsp3) is 0.579. The van der Waals surface area contributed by atoms with E-state index < -0.39 is 6.10 Å². The molecule has 3 rings (SSSR count). The second kappa shape index (κ2) is 8.56.